The minimum Gasteiger partial charge on any atom is -0.249 e. The highest BCUT2D eigenvalue weighted by molar-refractivity contribution is 6.00. The molecule has 24 heavy (non-hydrogen) atoms. The molecule has 2 nitrogen and oxygen atoms in total. The highest BCUT2D eigenvalue weighted by Crippen LogP contribution is 2.29. The largest absolute Gasteiger partial charge is 0.249 e. The third kappa shape index (κ3) is 2.41. The van der Waals surface area contributed by atoms with Gasteiger partial charge in [-0.05, 0) is 22.9 Å². The Balaban J connectivity index is 2.08. The lowest BCUT2D eigenvalue weighted by molar-refractivity contribution is -0.684. The number of nitrogens with zero attached hydrogens (tertiary/aromatic N) is 2. The molecule has 0 bridgehead atoms. The summed E-state index contributed by atoms with van der Waals surface area (Å²) >= 11 is 0. The van der Waals surface area contributed by atoms with Gasteiger partial charge in [0.1, 0.15) is 5.69 Å². The first-order valence-electron chi connectivity index (χ1n) is 8.07. The molecule has 4 rings (SSSR count). The molecule has 0 aliphatic heterocycles. The van der Waals surface area contributed by atoms with Crippen molar-refractivity contribution in [2.75, 3.05) is 0 Å². The van der Waals surface area contributed by atoms with Crippen LogP contribution in [0, 0.1) is 12.3 Å². The van der Waals surface area contributed by atoms with Crippen molar-refractivity contribution < 1.29 is 4.57 Å². The van der Waals surface area contributed by atoms with Crippen LogP contribution in [-0.4, -0.2) is 4.98 Å². The smallest absolute Gasteiger partial charge is 0.239 e. The molecular weight excluding hydrogens is 292 g/mol. The zero-order chi connectivity index (χ0) is 16.4. The lowest BCUT2D eigenvalue weighted by atomic mass is 10.0. The van der Waals surface area contributed by atoms with Crippen molar-refractivity contribution in [1.82, 2.24) is 4.98 Å². The van der Waals surface area contributed by atoms with Gasteiger partial charge in [-0.3, -0.25) is 0 Å². The van der Waals surface area contributed by atoms with E-state index in [-0.39, 0.29) is 0 Å². The van der Waals surface area contributed by atoms with E-state index in [1.807, 2.05) is 6.20 Å². The van der Waals surface area contributed by atoms with Crippen LogP contribution >= 0.6 is 0 Å². The number of hydrogen-bond donors (Lipinski definition) is 0. The van der Waals surface area contributed by atoms with E-state index in [4.69, 9.17) is 11.4 Å². The average molecular weight is 309 g/mol. The molecule has 0 fully saturated rings. The Morgan fingerprint density at radius 1 is 0.875 bits per heavy atom. The van der Waals surface area contributed by atoms with E-state index in [2.05, 4.69) is 77.3 Å². The van der Waals surface area contributed by atoms with Gasteiger partial charge in [-0.25, -0.2) is 4.98 Å². The standard InChI is InChI=1S/C22H17N2/c1-2-3-15-24-16-13-18-9-5-7-11-20(18)22(24)21-19-10-6-4-8-17(19)12-14-23-21/h1,4-14,16H,3,15H2/q+1. The second-order valence-electron chi connectivity index (χ2n) is 5.78. The van der Waals surface area contributed by atoms with Crippen molar-refractivity contribution in [2.45, 2.75) is 13.0 Å². The van der Waals surface area contributed by atoms with Crippen LogP contribution in [-0.2, 0) is 6.54 Å². The zero-order valence-corrected chi connectivity index (χ0v) is 13.3. The first-order chi connectivity index (χ1) is 11.9. The van der Waals surface area contributed by atoms with Crippen LogP contribution in [0.1, 0.15) is 6.42 Å². The predicted octanol–water partition coefficient (Wildman–Crippen LogP) is 4.37. The number of fused-ring (bicyclic) bond motifs is 2. The van der Waals surface area contributed by atoms with Gasteiger partial charge in [-0.15, -0.1) is 12.3 Å². The molecular formula is C22H17N2+. The van der Waals surface area contributed by atoms with Crippen molar-refractivity contribution >= 4 is 21.5 Å². The van der Waals surface area contributed by atoms with Crippen LogP contribution < -0.4 is 4.57 Å². The van der Waals surface area contributed by atoms with Crippen LogP contribution in [0.3, 0.4) is 0 Å². The molecule has 0 aliphatic rings. The summed E-state index contributed by atoms with van der Waals surface area (Å²) in [5.74, 6) is 2.74. The number of aromatic nitrogens is 2. The average Bonchev–Trinajstić information content (AvgIpc) is 2.65. The third-order valence-electron chi connectivity index (χ3n) is 4.33. The van der Waals surface area contributed by atoms with Crippen LogP contribution in [0.15, 0.2) is 73.1 Å². The minimum atomic E-state index is 0.695. The number of benzene rings is 2. The Kier molecular flexibility index (Phi) is 3.69. The highest BCUT2D eigenvalue weighted by atomic mass is 15.0. The SMILES string of the molecule is C#CCC[n+]1ccc2ccccc2c1-c1nccc2ccccc12. The van der Waals surface area contributed by atoms with Gasteiger partial charge < -0.3 is 0 Å². The molecule has 2 aromatic carbocycles. The van der Waals surface area contributed by atoms with Gasteiger partial charge in [0.2, 0.25) is 5.69 Å². The van der Waals surface area contributed by atoms with Crippen molar-refractivity contribution in [3.8, 4) is 23.7 Å². The summed E-state index contributed by atoms with van der Waals surface area (Å²) in [4.78, 5) is 4.72. The topological polar surface area (TPSA) is 16.8 Å². The van der Waals surface area contributed by atoms with E-state index in [1.165, 1.54) is 16.2 Å². The first kappa shape index (κ1) is 14.4. The molecule has 2 heteroatoms. The number of pyridine rings is 2. The summed E-state index contributed by atoms with van der Waals surface area (Å²) in [7, 11) is 0. The zero-order valence-electron chi connectivity index (χ0n) is 13.3. The van der Waals surface area contributed by atoms with E-state index in [0.29, 0.717) is 6.42 Å². The van der Waals surface area contributed by atoms with Gasteiger partial charge in [0.15, 0.2) is 12.7 Å². The lowest BCUT2D eigenvalue weighted by Gasteiger charge is -2.09. The monoisotopic (exact) mass is 309 g/mol. The number of aryl methyl sites for hydroxylation is 1. The van der Waals surface area contributed by atoms with Crippen LogP contribution in [0.25, 0.3) is 32.9 Å². The molecule has 0 N–H and O–H groups in total. The van der Waals surface area contributed by atoms with Gasteiger partial charge in [0, 0.05) is 17.6 Å². The predicted molar refractivity (Wildman–Crippen MR) is 98.3 cm³/mol. The van der Waals surface area contributed by atoms with Gasteiger partial charge in [-0.1, -0.05) is 42.5 Å². The molecule has 0 saturated carbocycles. The van der Waals surface area contributed by atoms with Crippen molar-refractivity contribution in [2.24, 2.45) is 0 Å². The normalized spacial score (nSPS) is 10.8. The molecule has 0 amide bonds. The van der Waals surface area contributed by atoms with Gasteiger partial charge in [0.05, 0.1) is 11.8 Å². The van der Waals surface area contributed by atoms with Crippen LogP contribution in [0.5, 0.6) is 0 Å². The summed E-state index contributed by atoms with van der Waals surface area (Å²) in [6, 6.07) is 21.0. The number of rotatable bonds is 3. The maximum Gasteiger partial charge on any atom is 0.239 e. The lowest BCUT2D eigenvalue weighted by Crippen LogP contribution is -2.36. The van der Waals surface area contributed by atoms with Crippen molar-refractivity contribution in [3.05, 3.63) is 73.1 Å². The minimum absolute atomic E-state index is 0.695. The molecule has 0 atom stereocenters. The molecule has 0 radical (unpaired) electrons. The second kappa shape index (κ2) is 6.14. The van der Waals surface area contributed by atoms with E-state index in [9.17, 15) is 0 Å². The van der Waals surface area contributed by atoms with Crippen LogP contribution in [0.4, 0.5) is 0 Å². The van der Waals surface area contributed by atoms with Gasteiger partial charge >= 0.3 is 0 Å². The molecule has 0 aliphatic carbocycles. The molecule has 0 unspecified atom stereocenters. The van der Waals surface area contributed by atoms with E-state index in [1.54, 1.807) is 0 Å². The fourth-order valence-corrected chi connectivity index (χ4v) is 3.20. The van der Waals surface area contributed by atoms with E-state index >= 15 is 0 Å². The van der Waals surface area contributed by atoms with Crippen molar-refractivity contribution in [3.63, 3.8) is 0 Å². The summed E-state index contributed by atoms with van der Waals surface area (Å²) in [5.41, 5.74) is 2.13. The number of hydrogen-bond acceptors (Lipinski definition) is 1. The molecule has 2 aromatic heterocycles. The Morgan fingerprint density at radius 2 is 1.58 bits per heavy atom. The quantitative estimate of drug-likeness (QED) is 0.406. The molecule has 0 spiro atoms. The first-order valence-corrected chi connectivity index (χ1v) is 8.07. The summed E-state index contributed by atoms with van der Waals surface area (Å²) in [6.45, 7) is 0.779. The Bertz CT molecular complexity index is 1070. The fraction of sp³-hybridized carbons (Fsp3) is 0.0909. The Morgan fingerprint density at radius 3 is 2.38 bits per heavy atom. The van der Waals surface area contributed by atoms with E-state index in [0.717, 1.165) is 23.3 Å². The summed E-state index contributed by atoms with van der Waals surface area (Å²) < 4.78 is 2.22. The number of terminal acetylenes is 1. The Hall–Kier alpha value is -3.18. The van der Waals surface area contributed by atoms with Crippen molar-refractivity contribution in [1.29, 1.82) is 0 Å². The molecule has 2 heterocycles. The highest BCUT2D eigenvalue weighted by Gasteiger charge is 2.20. The molecule has 0 saturated heterocycles. The second-order valence-corrected chi connectivity index (χ2v) is 5.78. The van der Waals surface area contributed by atoms with E-state index < -0.39 is 0 Å². The van der Waals surface area contributed by atoms with Gasteiger partial charge in [-0.2, -0.15) is 4.57 Å². The third-order valence-corrected chi connectivity index (χ3v) is 4.33. The summed E-state index contributed by atoms with van der Waals surface area (Å²) in [5, 5.41) is 4.75. The maximum atomic E-state index is 5.49. The fourth-order valence-electron chi connectivity index (χ4n) is 3.20. The molecule has 114 valence electrons. The molecule has 4 aromatic rings. The van der Waals surface area contributed by atoms with Gasteiger partial charge in [0.25, 0.3) is 0 Å². The summed E-state index contributed by atoms with van der Waals surface area (Å²) in [6.07, 6.45) is 10.2. The Labute approximate surface area is 141 Å². The maximum absolute atomic E-state index is 5.49. The van der Waals surface area contributed by atoms with Crippen LogP contribution in [0.2, 0.25) is 0 Å².